The van der Waals surface area contributed by atoms with Crippen molar-refractivity contribution < 1.29 is 14.4 Å². The first-order valence-corrected chi connectivity index (χ1v) is 15.7. The Morgan fingerprint density at radius 2 is 1.62 bits per heavy atom. The number of aromatic nitrogens is 2. The number of nitrogens with one attached hydrogen (secondary N) is 1. The largest absolute Gasteiger partial charge is 0.339 e. The monoisotopic (exact) mass is 646 g/mol. The summed E-state index contributed by atoms with van der Waals surface area (Å²) in [5.74, 6) is -0.649. The van der Waals surface area contributed by atoms with Gasteiger partial charge in [-0.05, 0) is 80.3 Å². The van der Waals surface area contributed by atoms with Crippen LogP contribution in [0.25, 0.3) is 11.3 Å². The molecule has 0 radical (unpaired) electrons. The second kappa shape index (κ2) is 13.6. The van der Waals surface area contributed by atoms with Gasteiger partial charge in [-0.25, -0.2) is 0 Å². The van der Waals surface area contributed by atoms with E-state index in [0.29, 0.717) is 35.6 Å². The number of amides is 3. The van der Waals surface area contributed by atoms with E-state index in [1.54, 1.807) is 53.4 Å². The maximum Gasteiger partial charge on any atom is 0.270 e. The number of halogens is 1. The second-order valence-corrected chi connectivity index (χ2v) is 12.2. The summed E-state index contributed by atoms with van der Waals surface area (Å²) in [6.45, 7) is 2.06. The molecule has 3 heterocycles. The van der Waals surface area contributed by atoms with Gasteiger partial charge in [0.25, 0.3) is 17.7 Å². The van der Waals surface area contributed by atoms with Crippen molar-refractivity contribution in [3.63, 3.8) is 0 Å². The molecule has 1 aliphatic rings. The fraction of sp³-hybridized carbons (Fsp3) is 0.189. The molecule has 0 saturated heterocycles. The number of anilines is 2. The summed E-state index contributed by atoms with van der Waals surface area (Å²) in [6, 6.07) is 29.2. The molecule has 5 aromatic rings. The minimum atomic E-state index is -0.298. The van der Waals surface area contributed by atoms with Gasteiger partial charge in [-0.3, -0.25) is 19.4 Å². The van der Waals surface area contributed by atoms with Crippen LogP contribution in [0, 0.1) is 0 Å². The number of benzene rings is 3. The van der Waals surface area contributed by atoms with Gasteiger partial charge in [-0.15, -0.1) is 0 Å². The maximum absolute atomic E-state index is 14.1. The van der Waals surface area contributed by atoms with E-state index in [4.69, 9.17) is 11.6 Å². The molecule has 47 heavy (non-hydrogen) atoms. The van der Waals surface area contributed by atoms with Crippen LogP contribution in [0.3, 0.4) is 0 Å². The Labute approximate surface area is 279 Å². The number of likely N-dealkylation sites (N-methyl/N-ethyl adjacent to an activating group) is 2. The Hall–Kier alpha value is -5.25. The minimum Gasteiger partial charge on any atom is -0.339 e. The lowest BCUT2D eigenvalue weighted by Gasteiger charge is -2.23. The number of hydrogen-bond donors (Lipinski definition) is 1. The van der Waals surface area contributed by atoms with E-state index in [0.717, 1.165) is 34.7 Å². The summed E-state index contributed by atoms with van der Waals surface area (Å²) in [5.41, 5.74) is 6.07. The van der Waals surface area contributed by atoms with Gasteiger partial charge in [-0.2, -0.15) is 0 Å². The SMILES string of the molecule is CN(C)CCN(C)C(=O)c1ccc2n1Cc1ccccc1N(C(=O)c1ccc(NC(=O)c3ccc(-c4ccccn4)cc3)cc1Cl)C2. The van der Waals surface area contributed by atoms with Crippen molar-refractivity contribution >= 4 is 40.7 Å². The highest BCUT2D eigenvalue weighted by molar-refractivity contribution is 6.35. The van der Waals surface area contributed by atoms with Crippen LogP contribution in [0.4, 0.5) is 11.4 Å². The molecule has 0 atom stereocenters. The molecule has 2 aromatic heterocycles. The normalized spacial score (nSPS) is 12.2. The lowest BCUT2D eigenvalue weighted by molar-refractivity contribution is 0.0775. The van der Waals surface area contributed by atoms with Crippen LogP contribution in [-0.2, 0) is 13.1 Å². The Morgan fingerprint density at radius 1 is 0.851 bits per heavy atom. The van der Waals surface area contributed by atoms with Gasteiger partial charge < -0.3 is 24.6 Å². The van der Waals surface area contributed by atoms with Gasteiger partial charge in [0.1, 0.15) is 5.69 Å². The first-order chi connectivity index (χ1) is 22.7. The van der Waals surface area contributed by atoms with E-state index in [2.05, 4.69) is 10.3 Å². The predicted octanol–water partition coefficient (Wildman–Crippen LogP) is 6.30. The van der Waals surface area contributed by atoms with E-state index < -0.39 is 0 Å². The fourth-order valence-corrected chi connectivity index (χ4v) is 5.88. The Balaban J connectivity index is 1.21. The number of fused-ring (bicyclic) bond motifs is 2. The van der Waals surface area contributed by atoms with Crippen molar-refractivity contribution in [3.8, 4) is 11.3 Å². The Bertz CT molecular complexity index is 1940. The fourth-order valence-electron chi connectivity index (χ4n) is 5.62. The van der Waals surface area contributed by atoms with Crippen molar-refractivity contribution in [2.45, 2.75) is 13.1 Å². The molecule has 0 aliphatic carbocycles. The molecule has 6 rings (SSSR count). The van der Waals surface area contributed by atoms with Gasteiger partial charge in [0.05, 0.1) is 29.4 Å². The third-order valence-corrected chi connectivity index (χ3v) is 8.57. The maximum atomic E-state index is 14.1. The highest BCUT2D eigenvalue weighted by atomic mass is 35.5. The Kier molecular flexibility index (Phi) is 9.19. The van der Waals surface area contributed by atoms with Crippen molar-refractivity contribution in [1.29, 1.82) is 0 Å². The van der Waals surface area contributed by atoms with E-state index in [1.807, 2.05) is 90.3 Å². The molecule has 10 heteroatoms. The highest BCUT2D eigenvalue weighted by Gasteiger charge is 2.29. The summed E-state index contributed by atoms with van der Waals surface area (Å²) in [7, 11) is 5.76. The molecule has 1 aliphatic heterocycles. The molecule has 3 amide bonds. The smallest absolute Gasteiger partial charge is 0.270 e. The van der Waals surface area contributed by atoms with E-state index >= 15 is 0 Å². The summed E-state index contributed by atoms with van der Waals surface area (Å²) in [4.78, 5) is 50.3. The van der Waals surface area contributed by atoms with Crippen molar-refractivity contribution in [2.24, 2.45) is 0 Å². The molecule has 0 unspecified atom stereocenters. The summed E-state index contributed by atoms with van der Waals surface area (Å²) in [6.07, 6.45) is 1.73. The minimum absolute atomic E-state index is 0.0693. The lowest BCUT2D eigenvalue weighted by Crippen LogP contribution is -2.34. The number of carbonyl (C=O) groups is 3. The average molecular weight is 647 g/mol. The second-order valence-electron chi connectivity index (χ2n) is 11.8. The molecule has 3 aromatic carbocycles. The zero-order chi connectivity index (χ0) is 33.1. The highest BCUT2D eigenvalue weighted by Crippen LogP contribution is 2.32. The molecule has 0 bridgehead atoms. The first-order valence-electron chi connectivity index (χ1n) is 15.3. The zero-order valence-corrected chi connectivity index (χ0v) is 27.2. The molecular formula is C37H35ClN6O3. The van der Waals surface area contributed by atoms with Gasteiger partial charge in [0.15, 0.2) is 0 Å². The zero-order valence-electron chi connectivity index (χ0n) is 26.5. The lowest BCUT2D eigenvalue weighted by atomic mass is 10.1. The molecule has 9 nitrogen and oxygen atoms in total. The number of rotatable bonds is 8. The quantitative estimate of drug-likeness (QED) is 0.214. The number of hydrogen-bond acceptors (Lipinski definition) is 5. The van der Waals surface area contributed by atoms with Crippen molar-refractivity contribution in [3.05, 3.63) is 136 Å². The predicted molar refractivity (Wildman–Crippen MR) is 185 cm³/mol. The van der Waals surface area contributed by atoms with Crippen LogP contribution in [0.15, 0.2) is 103 Å². The van der Waals surface area contributed by atoms with Crippen LogP contribution in [-0.4, -0.2) is 71.3 Å². The number of para-hydroxylation sites is 1. The third-order valence-electron chi connectivity index (χ3n) is 8.26. The van der Waals surface area contributed by atoms with Crippen LogP contribution >= 0.6 is 11.6 Å². The third kappa shape index (κ3) is 6.82. The average Bonchev–Trinajstić information content (AvgIpc) is 3.39. The number of carbonyl (C=O) groups excluding carboxylic acids is 3. The van der Waals surface area contributed by atoms with Crippen LogP contribution in [0.2, 0.25) is 5.02 Å². The van der Waals surface area contributed by atoms with Crippen LogP contribution in [0.1, 0.15) is 42.5 Å². The van der Waals surface area contributed by atoms with E-state index in [9.17, 15) is 14.4 Å². The summed E-state index contributed by atoms with van der Waals surface area (Å²) in [5, 5.41) is 3.09. The van der Waals surface area contributed by atoms with Gasteiger partial charge >= 0.3 is 0 Å². The van der Waals surface area contributed by atoms with Crippen molar-refractivity contribution in [2.75, 3.05) is 44.4 Å². The van der Waals surface area contributed by atoms with Gasteiger partial charge in [0.2, 0.25) is 0 Å². The summed E-state index contributed by atoms with van der Waals surface area (Å²) < 4.78 is 1.99. The number of nitrogens with zero attached hydrogens (tertiary/aromatic N) is 5. The molecule has 0 saturated carbocycles. The van der Waals surface area contributed by atoms with Crippen LogP contribution < -0.4 is 10.2 Å². The van der Waals surface area contributed by atoms with E-state index in [1.165, 1.54) is 0 Å². The topological polar surface area (TPSA) is 90.8 Å². The van der Waals surface area contributed by atoms with Crippen LogP contribution in [0.5, 0.6) is 0 Å². The van der Waals surface area contributed by atoms with E-state index in [-0.39, 0.29) is 29.3 Å². The molecular weight excluding hydrogens is 612 g/mol. The number of pyridine rings is 1. The first kappa shape index (κ1) is 31.7. The molecule has 1 N–H and O–H groups in total. The van der Waals surface area contributed by atoms with Gasteiger partial charge in [0, 0.05) is 54.5 Å². The molecule has 0 fully saturated rings. The summed E-state index contributed by atoms with van der Waals surface area (Å²) >= 11 is 6.70. The molecule has 0 spiro atoms. The van der Waals surface area contributed by atoms with Gasteiger partial charge in [-0.1, -0.05) is 48.0 Å². The standard InChI is InChI=1S/C37H35ClN6O3/c1-41(2)20-21-42(3)37(47)34-18-16-29-24-44(33-10-5-4-8-27(33)23-43(29)34)36(46)30-17-15-28(22-31(30)38)40-35(45)26-13-11-25(12-14-26)32-9-6-7-19-39-32/h4-19,22H,20-21,23-24H2,1-3H3,(H,40,45). The van der Waals surface area contributed by atoms with Crippen molar-refractivity contribution in [1.82, 2.24) is 19.4 Å². The Morgan fingerprint density at radius 3 is 2.34 bits per heavy atom. The molecule has 238 valence electrons.